The molecule has 92 valence electrons. The molecular formula is C13H18N2S2. The lowest BCUT2D eigenvalue weighted by Gasteiger charge is -2.23. The number of nitrogens with zero attached hydrogens (tertiary/aromatic N) is 1. The van der Waals surface area contributed by atoms with Crippen LogP contribution in [0.5, 0.6) is 0 Å². The summed E-state index contributed by atoms with van der Waals surface area (Å²) < 4.78 is 0.861. The van der Waals surface area contributed by atoms with Crippen LogP contribution >= 0.6 is 24.0 Å². The van der Waals surface area contributed by atoms with E-state index in [2.05, 4.69) is 9.97 Å². The number of hydrogen-bond acceptors (Lipinski definition) is 3. The highest BCUT2D eigenvalue weighted by molar-refractivity contribution is 7.99. The summed E-state index contributed by atoms with van der Waals surface area (Å²) in [5.74, 6) is 2.41. The van der Waals surface area contributed by atoms with E-state index in [1.165, 1.54) is 49.1 Å². The maximum atomic E-state index is 5.46. The first-order chi connectivity index (χ1) is 8.34. The van der Waals surface area contributed by atoms with E-state index in [0.717, 1.165) is 23.3 Å². The monoisotopic (exact) mass is 266 g/mol. The molecule has 0 aromatic carbocycles. The molecule has 1 fully saturated rings. The number of H-pyrrole nitrogens is 1. The van der Waals surface area contributed by atoms with Crippen molar-refractivity contribution in [3.05, 3.63) is 21.7 Å². The topological polar surface area (TPSA) is 28.7 Å². The minimum Gasteiger partial charge on any atom is -0.346 e. The lowest BCUT2D eigenvalue weighted by molar-refractivity contribution is 0.626. The van der Waals surface area contributed by atoms with Crippen molar-refractivity contribution in [2.24, 2.45) is 0 Å². The van der Waals surface area contributed by atoms with Crippen LogP contribution in [0.15, 0.2) is 0 Å². The summed E-state index contributed by atoms with van der Waals surface area (Å²) in [6.45, 7) is 0. The van der Waals surface area contributed by atoms with Crippen LogP contribution < -0.4 is 0 Å². The minimum absolute atomic E-state index is 0.553. The molecule has 2 aliphatic rings. The fraction of sp³-hybridized carbons (Fsp3) is 0.692. The van der Waals surface area contributed by atoms with Crippen molar-refractivity contribution in [1.82, 2.24) is 9.97 Å². The van der Waals surface area contributed by atoms with Gasteiger partial charge in [0.05, 0.1) is 5.25 Å². The van der Waals surface area contributed by atoms with Crippen molar-refractivity contribution >= 4 is 24.0 Å². The van der Waals surface area contributed by atoms with E-state index in [9.17, 15) is 0 Å². The zero-order chi connectivity index (χ0) is 11.7. The first kappa shape index (κ1) is 11.7. The fourth-order valence-corrected chi connectivity index (χ4v) is 4.33. The Labute approximate surface area is 112 Å². The Morgan fingerprint density at radius 3 is 2.88 bits per heavy atom. The van der Waals surface area contributed by atoms with Crippen molar-refractivity contribution < 1.29 is 0 Å². The Kier molecular flexibility index (Phi) is 3.52. The van der Waals surface area contributed by atoms with Gasteiger partial charge in [0.2, 0.25) is 0 Å². The molecule has 1 aliphatic carbocycles. The van der Waals surface area contributed by atoms with Crippen LogP contribution in [0.3, 0.4) is 0 Å². The van der Waals surface area contributed by atoms with Gasteiger partial charge in [-0.3, -0.25) is 0 Å². The number of aryl methyl sites for hydroxylation is 1. The minimum atomic E-state index is 0.553. The lowest BCUT2D eigenvalue weighted by atomic mass is 9.97. The number of thioether (sulfide) groups is 1. The third-order valence-electron chi connectivity index (χ3n) is 3.71. The molecule has 1 aliphatic heterocycles. The Morgan fingerprint density at radius 2 is 2.06 bits per heavy atom. The summed E-state index contributed by atoms with van der Waals surface area (Å²) in [5.41, 5.74) is 2.69. The highest BCUT2D eigenvalue weighted by Gasteiger charge is 2.20. The van der Waals surface area contributed by atoms with Crippen molar-refractivity contribution in [3.8, 4) is 0 Å². The average Bonchev–Trinajstić information content (AvgIpc) is 2.40. The Balaban J connectivity index is 1.95. The second-order valence-corrected chi connectivity index (χ2v) is 6.64. The SMILES string of the molecule is S=c1nc(C2CCCCS2)[nH]c2c1CCCC2. The Hall–Kier alpha value is -0.350. The quantitative estimate of drug-likeness (QED) is 0.780. The van der Waals surface area contributed by atoms with Gasteiger partial charge in [-0.05, 0) is 44.3 Å². The normalized spacial score (nSPS) is 24.4. The second-order valence-electron chi connectivity index (χ2n) is 4.95. The Morgan fingerprint density at radius 1 is 1.18 bits per heavy atom. The van der Waals surface area contributed by atoms with E-state index >= 15 is 0 Å². The van der Waals surface area contributed by atoms with Gasteiger partial charge in [-0.15, -0.1) is 0 Å². The molecular weight excluding hydrogens is 248 g/mol. The van der Waals surface area contributed by atoms with E-state index < -0.39 is 0 Å². The summed E-state index contributed by atoms with van der Waals surface area (Å²) >= 11 is 7.49. The number of rotatable bonds is 1. The van der Waals surface area contributed by atoms with E-state index in [-0.39, 0.29) is 0 Å². The predicted octanol–water partition coefficient (Wildman–Crippen LogP) is 3.98. The highest BCUT2D eigenvalue weighted by atomic mass is 32.2. The second kappa shape index (κ2) is 5.11. The number of nitrogens with one attached hydrogen (secondary N) is 1. The zero-order valence-corrected chi connectivity index (χ0v) is 11.6. The van der Waals surface area contributed by atoms with Crippen LogP contribution in [0, 0.1) is 4.64 Å². The van der Waals surface area contributed by atoms with Gasteiger partial charge in [0.25, 0.3) is 0 Å². The van der Waals surface area contributed by atoms with Crippen LogP contribution in [0.1, 0.15) is 54.4 Å². The summed E-state index contributed by atoms with van der Waals surface area (Å²) in [4.78, 5) is 8.23. The smallest absolute Gasteiger partial charge is 0.133 e. The number of fused-ring (bicyclic) bond motifs is 1. The van der Waals surface area contributed by atoms with Crippen LogP contribution in [0.4, 0.5) is 0 Å². The molecule has 0 radical (unpaired) electrons. The number of aromatic amines is 1. The average molecular weight is 266 g/mol. The van der Waals surface area contributed by atoms with Gasteiger partial charge in [0.15, 0.2) is 0 Å². The van der Waals surface area contributed by atoms with Crippen molar-refractivity contribution in [2.45, 2.75) is 50.2 Å². The van der Waals surface area contributed by atoms with Crippen molar-refractivity contribution in [3.63, 3.8) is 0 Å². The van der Waals surface area contributed by atoms with E-state index in [0.29, 0.717) is 5.25 Å². The standard InChI is InChI=1S/C13H18N2S2/c16-13-9-5-1-2-6-10(9)14-12(15-13)11-7-3-4-8-17-11/h11H,1-8H2,(H,14,15,16). The first-order valence-electron chi connectivity index (χ1n) is 6.58. The fourth-order valence-electron chi connectivity index (χ4n) is 2.75. The largest absolute Gasteiger partial charge is 0.346 e. The molecule has 4 heteroatoms. The van der Waals surface area contributed by atoms with Crippen LogP contribution in [0.2, 0.25) is 0 Å². The first-order valence-corrected chi connectivity index (χ1v) is 8.04. The number of hydrogen-bond donors (Lipinski definition) is 1. The molecule has 1 aromatic heterocycles. The molecule has 3 rings (SSSR count). The molecule has 2 nitrogen and oxygen atoms in total. The van der Waals surface area contributed by atoms with Gasteiger partial charge >= 0.3 is 0 Å². The lowest BCUT2D eigenvalue weighted by Crippen LogP contribution is -2.13. The molecule has 0 amide bonds. The summed E-state index contributed by atoms with van der Waals surface area (Å²) in [6.07, 6.45) is 8.77. The molecule has 1 saturated heterocycles. The molecule has 1 N–H and O–H groups in total. The van der Waals surface area contributed by atoms with Gasteiger partial charge in [-0.1, -0.05) is 18.6 Å². The molecule has 2 heterocycles. The Bertz CT molecular complexity index is 461. The van der Waals surface area contributed by atoms with Crippen molar-refractivity contribution in [1.29, 1.82) is 0 Å². The summed E-state index contributed by atoms with van der Waals surface area (Å²) in [6, 6.07) is 0. The maximum absolute atomic E-state index is 5.46. The third-order valence-corrected chi connectivity index (χ3v) is 5.44. The number of aromatic nitrogens is 2. The van der Waals surface area contributed by atoms with Gasteiger partial charge in [-0.25, -0.2) is 4.98 Å². The molecule has 17 heavy (non-hydrogen) atoms. The van der Waals surface area contributed by atoms with Gasteiger partial charge in [0.1, 0.15) is 10.5 Å². The van der Waals surface area contributed by atoms with E-state index in [1.54, 1.807) is 0 Å². The summed E-state index contributed by atoms with van der Waals surface area (Å²) in [7, 11) is 0. The van der Waals surface area contributed by atoms with Gasteiger partial charge < -0.3 is 4.98 Å². The van der Waals surface area contributed by atoms with E-state index in [1.807, 2.05) is 11.8 Å². The zero-order valence-electron chi connectivity index (χ0n) is 10.00. The van der Waals surface area contributed by atoms with Crippen LogP contribution in [-0.4, -0.2) is 15.7 Å². The van der Waals surface area contributed by atoms with Crippen LogP contribution in [0.25, 0.3) is 0 Å². The molecule has 1 aromatic rings. The van der Waals surface area contributed by atoms with Gasteiger partial charge in [-0.2, -0.15) is 11.8 Å². The molecule has 0 saturated carbocycles. The molecule has 0 spiro atoms. The highest BCUT2D eigenvalue weighted by Crippen LogP contribution is 2.37. The summed E-state index contributed by atoms with van der Waals surface area (Å²) in [5, 5.41) is 0.553. The molecule has 1 unspecified atom stereocenters. The predicted molar refractivity (Wildman–Crippen MR) is 75.1 cm³/mol. The van der Waals surface area contributed by atoms with E-state index in [4.69, 9.17) is 12.2 Å². The van der Waals surface area contributed by atoms with Crippen molar-refractivity contribution in [2.75, 3.05) is 5.75 Å². The molecule has 1 atom stereocenters. The third kappa shape index (κ3) is 2.43. The molecule has 0 bridgehead atoms. The van der Waals surface area contributed by atoms with Gasteiger partial charge in [0, 0.05) is 11.3 Å². The van der Waals surface area contributed by atoms with Crippen LogP contribution in [-0.2, 0) is 12.8 Å². The maximum Gasteiger partial charge on any atom is 0.133 e.